The first kappa shape index (κ1) is 20.8. The fourth-order valence-corrected chi connectivity index (χ4v) is 2.24. The maximum Gasteiger partial charge on any atom is 0.243 e. The van der Waals surface area contributed by atoms with Crippen molar-refractivity contribution in [1.29, 1.82) is 0 Å². The van der Waals surface area contributed by atoms with Crippen molar-refractivity contribution in [1.82, 2.24) is 15.5 Å². The molecule has 1 aromatic heterocycles. The Labute approximate surface area is 160 Å². The zero-order valence-electron chi connectivity index (χ0n) is 14.3. The van der Waals surface area contributed by atoms with Crippen molar-refractivity contribution in [3.05, 3.63) is 24.2 Å². The van der Waals surface area contributed by atoms with E-state index in [1.54, 1.807) is 20.4 Å². The highest BCUT2D eigenvalue weighted by Crippen LogP contribution is 2.10. The van der Waals surface area contributed by atoms with E-state index in [9.17, 15) is 4.79 Å². The lowest BCUT2D eigenvalue weighted by Gasteiger charge is -2.16. The number of rotatable bonds is 7. The number of furan rings is 1. The number of halogens is 1. The van der Waals surface area contributed by atoms with Gasteiger partial charge in [-0.05, 0) is 25.0 Å². The number of nitrogens with one attached hydrogen (secondary N) is 2. The van der Waals surface area contributed by atoms with E-state index in [2.05, 4.69) is 15.6 Å². The Morgan fingerprint density at radius 3 is 2.88 bits per heavy atom. The molecule has 0 spiro atoms. The Bertz CT molecular complexity index is 499. The molecule has 136 valence electrons. The van der Waals surface area contributed by atoms with Crippen LogP contribution in [0.3, 0.4) is 0 Å². The van der Waals surface area contributed by atoms with Gasteiger partial charge in [0, 0.05) is 40.2 Å². The normalized spacial score (nSPS) is 17.2. The van der Waals surface area contributed by atoms with E-state index in [1.807, 2.05) is 12.1 Å². The van der Waals surface area contributed by atoms with Crippen LogP contribution in [0.4, 0.5) is 0 Å². The van der Waals surface area contributed by atoms with Gasteiger partial charge >= 0.3 is 0 Å². The number of guanidine groups is 1. The molecule has 1 fully saturated rings. The Balaban J connectivity index is 0.00000288. The van der Waals surface area contributed by atoms with Gasteiger partial charge in [-0.2, -0.15) is 0 Å². The number of aliphatic imine (C=N–C) groups is 1. The topological polar surface area (TPSA) is 79.1 Å². The number of carbonyl (C=O) groups is 1. The summed E-state index contributed by atoms with van der Waals surface area (Å²) in [4.78, 5) is 17.6. The van der Waals surface area contributed by atoms with Crippen LogP contribution in [0.15, 0.2) is 27.8 Å². The van der Waals surface area contributed by atoms with E-state index in [0.29, 0.717) is 19.0 Å². The SMILES string of the molecule is CN(C)C(=O)CN=C(NCCc1ccco1)NCC1CCCO1.I. The van der Waals surface area contributed by atoms with Crippen LogP contribution < -0.4 is 10.6 Å². The van der Waals surface area contributed by atoms with Gasteiger partial charge in [0.2, 0.25) is 5.91 Å². The molecular weight excluding hydrogens is 423 g/mol. The van der Waals surface area contributed by atoms with Gasteiger partial charge in [-0.25, -0.2) is 4.99 Å². The Kier molecular flexibility index (Phi) is 9.77. The number of likely N-dealkylation sites (N-methyl/N-ethyl adjacent to an activating group) is 1. The Morgan fingerprint density at radius 1 is 1.42 bits per heavy atom. The summed E-state index contributed by atoms with van der Waals surface area (Å²) in [5.74, 6) is 1.51. The van der Waals surface area contributed by atoms with Crippen LogP contribution in [0.25, 0.3) is 0 Å². The monoisotopic (exact) mass is 450 g/mol. The van der Waals surface area contributed by atoms with E-state index in [0.717, 1.165) is 31.6 Å². The van der Waals surface area contributed by atoms with Crippen LogP contribution in [-0.4, -0.2) is 63.2 Å². The highest BCUT2D eigenvalue weighted by atomic mass is 127. The van der Waals surface area contributed by atoms with Crippen molar-refractivity contribution in [3.8, 4) is 0 Å². The molecule has 8 heteroatoms. The molecule has 0 aliphatic carbocycles. The third-order valence-corrected chi connectivity index (χ3v) is 3.64. The molecule has 7 nitrogen and oxygen atoms in total. The molecule has 0 bridgehead atoms. The van der Waals surface area contributed by atoms with Gasteiger partial charge in [0.15, 0.2) is 5.96 Å². The molecule has 0 radical (unpaired) electrons. The first-order valence-corrected chi connectivity index (χ1v) is 8.01. The lowest BCUT2D eigenvalue weighted by molar-refractivity contribution is -0.127. The number of amides is 1. The van der Waals surface area contributed by atoms with E-state index in [4.69, 9.17) is 9.15 Å². The summed E-state index contributed by atoms with van der Waals surface area (Å²) >= 11 is 0. The first-order chi connectivity index (χ1) is 11.1. The highest BCUT2D eigenvalue weighted by molar-refractivity contribution is 14.0. The maximum atomic E-state index is 11.7. The molecule has 1 aromatic rings. The van der Waals surface area contributed by atoms with Gasteiger partial charge in [-0.3, -0.25) is 4.79 Å². The van der Waals surface area contributed by atoms with Gasteiger partial charge in [-0.1, -0.05) is 0 Å². The zero-order valence-corrected chi connectivity index (χ0v) is 16.6. The molecule has 2 N–H and O–H groups in total. The number of ether oxygens (including phenoxy) is 1. The van der Waals surface area contributed by atoms with E-state index in [-0.39, 0.29) is 42.5 Å². The summed E-state index contributed by atoms with van der Waals surface area (Å²) < 4.78 is 10.9. The molecule has 1 aliphatic rings. The molecule has 0 aromatic carbocycles. The van der Waals surface area contributed by atoms with Gasteiger partial charge in [-0.15, -0.1) is 24.0 Å². The molecule has 2 rings (SSSR count). The van der Waals surface area contributed by atoms with E-state index in [1.165, 1.54) is 4.90 Å². The molecule has 2 heterocycles. The summed E-state index contributed by atoms with van der Waals surface area (Å²) in [7, 11) is 3.45. The average Bonchev–Trinajstić information content (AvgIpc) is 3.22. The lowest BCUT2D eigenvalue weighted by Crippen LogP contribution is -2.42. The smallest absolute Gasteiger partial charge is 0.243 e. The van der Waals surface area contributed by atoms with Gasteiger partial charge in [0.1, 0.15) is 12.3 Å². The highest BCUT2D eigenvalue weighted by Gasteiger charge is 2.15. The summed E-state index contributed by atoms with van der Waals surface area (Å²) in [6.45, 7) is 2.32. The van der Waals surface area contributed by atoms with Crippen LogP contribution in [0.2, 0.25) is 0 Å². The minimum atomic E-state index is -0.0331. The van der Waals surface area contributed by atoms with Crippen molar-refractivity contribution in [2.45, 2.75) is 25.4 Å². The summed E-state index contributed by atoms with van der Waals surface area (Å²) in [5.41, 5.74) is 0. The van der Waals surface area contributed by atoms with Crippen molar-refractivity contribution in [2.75, 3.05) is 40.3 Å². The molecule has 1 saturated heterocycles. The van der Waals surface area contributed by atoms with Crippen molar-refractivity contribution >= 4 is 35.8 Å². The molecular formula is C16H27IN4O3. The molecule has 1 amide bonds. The fourth-order valence-electron chi connectivity index (χ4n) is 2.24. The summed E-state index contributed by atoms with van der Waals surface area (Å²) in [6, 6.07) is 3.81. The molecule has 0 saturated carbocycles. The third-order valence-electron chi connectivity index (χ3n) is 3.64. The second-order valence-corrected chi connectivity index (χ2v) is 5.73. The number of nitrogens with zero attached hydrogens (tertiary/aromatic N) is 2. The van der Waals surface area contributed by atoms with Crippen molar-refractivity contribution in [3.63, 3.8) is 0 Å². The number of hydrogen-bond donors (Lipinski definition) is 2. The number of carbonyl (C=O) groups excluding carboxylic acids is 1. The number of hydrogen-bond acceptors (Lipinski definition) is 4. The largest absolute Gasteiger partial charge is 0.469 e. The quantitative estimate of drug-likeness (QED) is 0.372. The first-order valence-electron chi connectivity index (χ1n) is 8.01. The van der Waals surface area contributed by atoms with Crippen molar-refractivity contribution in [2.24, 2.45) is 4.99 Å². The minimum absolute atomic E-state index is 0. The van der Waals surface area contributed by atoms with Crippen LogP contribution in [-0.2, 0) is 16.0 Å². The maximum absolute atomic E-state index is 11.7. The molecule has 1 atom stereocenters. The third kappa shape index (κ3) is 7.52. The molecule has 24 heavy (non-hydrogen) atoms. The predicted octanol–water partition coefficient (Wildman–Crippen LogP) is 1.24. The predicted molar refractivity (Wildman–Crippen MR) is 104 cm³/mol. The van der Waals surface area contributed by atoms with E-state index >= 15 is 0 Å². The second kappa shape index (κ2) is 11.3. The van der Waals surface area contributed by atoms with Crippen LogP contribution >= 0.6 is 24.0 Å². The lowest BCUT2D eigenvalue weighted by atomic mass is 10.2. The second-order valence-electron chi connectivity index (χ2n) is 5.73. The average molecular weight is 450 g/mol. The fraction of sp³-hybridized carbons (Fsp3) is 0.625. The standard InChI is InChI=1S/C16H26N4O3.HI/c1-20(2)15(21)12-19-16(18-11-14-6-4-10-23-14)17-8-7-13-5-3-9-22-13;/h3,5,9,14H,4,6-8,10-12H2,1-2H3,(H2,17,18,19);1H. The van der Waals surface area contributed by atoms with Crippen LogP contribution in [0.1, 0.15) is 18.6 Å². The zero-order chi connectivity index (χ0) is 16.5. The van der Waals surface area contributed by atoms with Crippen LogP contribution in [0.5, 0.6) is 0 Å². The van der Waals surface area contributed by atoms with Gasteiger partial charge < -0.3 is 24.7 Å². The Hall–Kier alpha value is -1.29. The van der Waals surface area contributed by atoms with Crippen molar-refractivity contribution < 1.29 is 13.9 Å². The molecule has 1 unspecified atom stereocenters. The van der Waals surface area contributed by atoms with Crippen LogP contribution in [0, 0.1) is 0 Å². The van der Waals surface area contributed by atoms with Gasteiger partial charge in [0.05, 0.1) is 12.4 Å². The summed E-state index contributed by atoms with van der Waals surface area (Å²) in [5, 5.41) is 6.48. The molecule has 1 aliphatic heterocycles. The van der Waals surface area contributed by atoms with E-state index < -0.39 is 0 Å². The van der Waals surface area contributed by atoms with Gasteiger partial charge in [0.25, 0.3) is 0 Å². The Morgan fingerprint density at radius 2 is 2.25 bits per heavy atom. The summed E-state index contributed by atoms with van der Waals surface area (Å²) in [6.07, 6.45) is 4.80. The minimum Gasteiger partial charge on any atom is -0.469 e.